The number of pyridine rings is 1. The number of aliphatic hydroxyl groups excluding tert-OH is 1. The van der Waals surface area contributed by atoms with Gasteiger partial charge in [-0.3, -0.25) is 9.52 Å². The summed E-state index contributed by atoms with van der Waals surface area (Å²) in [5.74, 6) is -0.0126. The van der Waals surface area contributed by atoms with Crippen LogP contribution in [0.15, 0.2) is 35.4 Å². The molecule has 0 saturated carbocycles. The van der Waals surface area contributed by atoms with E-state index in [0.29, 0.717) is 5.75 Å². The normalized spacial score (nSPS) is 16.2. The van der Waals surface area contributed by atoms with Crippen molar-refractivity contribution < 1.29 is 32.5 Å². The summed E-state index contributed by atoms with van der Waals surface area (Å²) in [6.45, 7) is -0.247. The first-order valence-corrected chi connectivity index (χ1v) is 9.65. The Labute approximate surface area is 161 Å². The molecule has 1 amide bonds. The Bertz CT molecular complexity index is 994. The van der Waals surface area contributed by atoms with E-state index in [1.54, 1.807) is 6.07 Å². The molecule has 2 aromatic rings. The summed E-state index contributed by atoms with van der Waals surface area (Å²) in [6, 6.07) is 5.09. The Morgan fingerprint density at radius 3 is 2.79 bits per heavy atom. The maximum atomic E-state index is 12.8. The van der Waals surface area contributed by atoms with Gasteiger partial charge in [-0.1, -0.05) is 0 Å². The number of hydrogen-bond donors (Lipinski definition) is 3. The third-order valence-electron chi connectivity index (χ3n) is 3.99. The van der Waals surface area contributed by atoms with Gasteiger partial charge < -0.3 is 24.6 Å². The fraction of sp³-hybridized carbons (Fsp3) is 0.294. The van der Waals surface area contributed by atoms with Gasteiger partial charge in [-0.2, -0.15) is 0 Å². The lowest BCUT2D eigenvalue weighted by Crippen LogP contribution is -2.39. The molecule has 1 atom stereocenters. The van der Waals surface area contributed by atoms with Gasteiger partial charge in [0, 0.05) is 6.07 Å². The highest BCUT2D eigenvalue weighted by molar-refractivity contribution is 7.92. The van der Waals surface area contributed by atoms with Crippen LogP contribution in [-0.2, 0) is 10.0 Å². The summed E-state index contributed by atoms with van der Waals surface area (Å²) in [5.41, 5.74) is 0.110. The van der Waals surface area contributed by atoms with Crippen molar-refractivity contribution in [2.45, 2.75) is 10.9 Å². The van der Waals surface area contributed by atoms with Crippen LogP contribution in [0.4, 0.5) is 5.69 Å². The van der Waals surface area contributed by atoms with Crippen LogP contribution in [0.25, 0.3) is 0 Å². The molecule has 2 heterocycles. The van der Waals surface area contributed by atoms with Gasteiger partial charge in [0.15, 0.2) is 0 Å². The third-order valence-corrected chi connectivity index (χ3v) is 5.39. The fourth-order valence-electron chi connectivity index (χ4n) is 2.57. The smallest absolute Gasteiger partial charge is 0.265 e. The number of carbonyl (C=O) groups is 1. The molecule has 3 N–H and O–H groups in total. The maximum Gasteiger partial charge on any atom is 0.265 e. The Kier molecular flexibility index (Phi) is 5.56. The van der Waals surface area contributed by atoms with Crippen LogP contribution in [0, 0.1) is 0 Å². The average molecular weight is 409 g/mol. The van der Waals surface area contributed by atoms with Gasteiger partial charge in [0.05, 0.1) is 38.8 Å². The highest BCUT2D eigenvalue weighted by Gasteiger charge is 2.26. The van der Waals surface area contributed by atoms with Crippen LogP contribution >= 0.6 is 0 Å². The quantitative estimate of drug-likeness (QED) is 0.623. The van der Waals surface area contributed by atoms with Crippen LogP contribution in [0.3, 0.4) is 0 Å². The van der Waals surface area contributed by atoms with E-state index >= 15 is 0 Å². The molecule has 0 unspecified atom stereocenters. The van der Waals surface area contributed by atoms with Crippen LogP contribution in [0.1, 0.15) is 10.4 Å². The number of hydrogen-bond acceptors (Lipinski definition) is 8. The van der Waals surface area contributed by atoms with E-state index in [1.165, 1.54) is 38.6 Å². The summed E-state index contributed by atoms with van der Waals surface area (Å²) in [7, 11) is -1.30. The van der Waals surface area contributed by atoms with Gasteiger partial charge in [-0.05, 0) is 18.2 Å². The second kappa shape index (κ2) is 7.90. The van der Waals surface area contributed by atoms with Crippen LogP contribution in [0.2, 0.25) is 0 Å². The molecule has 0 radical (unpaired) electrons. The van der Waals surface area contributed by atoms with Gasteiger partial charge in [-0.25, -0.2) is 13.4 Å². The summed E-state index contributed by atoms with van der Waals surface area (Å²) in [6.07, 6.45) is 1.23. The zero-order valence-corrected chi connectivity index (χ0v) is 15.9. The zero-order valence-electron chi connectivity index (χ0n) is 15.1. The first-order chi connectivity index (χ1) is 13.4. The molecule has 1 aliphatic heterocycles. The van der Waals surface area contributed by atoms with Crippen molar-refractivity contribution in [1.82, 2.24) is 10.3 Å². The molecule has 150 valence electrons. The molecular formula is C17H19N3O7S. The number of nitrogens with one attached hydrogen (secondary N) is 2. The van der Waals surface area contributed by atoms with Gasteiger partial charge in [0.1, 0.15) is 28.6 Å². The average Bonchev–Trinajstić information content (AvgIpc) is 2.85. The van der Waals surface area contributed by atoms with Crippen molar-refractivity contribution >= 4 is 21.6 Å². The lowest BCUT2D eigenvalue weighted by molar-refractivity contribution is 0.0914. The van der Waals surface area contributed by atoms with Crippen molar-refractivity contribution in [1.29, 1.82) is 0 Å². The van der Waals surface area contributed by atoms with Gasteiger partial charge >= 0.3 is 0 Å². The number of nitrogens with zero attached hydrogens (tertiary/aromatic N) is 1. The number of ether oxygens (including phenoxy) is 3. The lowest BCUT2D eigenvalue weighted by atomic mass is 10.2. The minimum Gasteiger partial charge on any atom is -0.497 e. The van der Waals surface area contributed by atoms with Crippen molar-refractivity contribution in [3.8, 4) is 17.4 Å². The first kappa shape index (κ1) is 19.7. The topological polar surface area (TPSA) is 136 Å². The lowest BCUT2D eigenvalue weighted by Gasteiger charge is -2.13. The van der Waals surface area contributed by atoms with E-state index in [1.807, 2.05) is 0 Å². The second-order valence-electron chi connectivity index (χ2n) is 5.86. The van der Waals surface area contributed by atoms with Crippen molar-refractivity contribution in [3.05, 3.63) is 36.0 Å². The minimum absolute atomic E-state index is 0.0498. The van der Waals surface area contributed by atoms with E-state index in [0.717, 1.165) is 0 Å². The minimum atomic E-state index is -4.06. The number of benzene rings is 1. The molecule has 1 aliphatic rings. The van der Waals surface area contributed by atoms with E-state index in [9.17, 15) is 18.3 Å². The largest absolute Gasteiger partial charge is 0.497 e. The summed E-state index contributed by atoms with van der Waals surface area (Å²) in [4.78, 5) is 16.2. The molecule has 28 heavy (non-hydrogen) atoms. The Morgan fingerprint density at radius 1 is 1.32 bits per heavy atom. The summed E-state index contributed by atoms with van der Waals surface area (Å²) in [5, 5.41) is 11.8. The van der Waals surface area contributed by atoms with Crippen LogP contribution in [0.5, 0.6) is 17.4 Å². The Morgan fingerprint density at radius 2 is 2.11 bits per heavy atom. The Hall–Kier alpha value is -3.05. The molecule has 3 rings (SSSR count). The molecule has 0 bridgehead atoms. The first-order valence-electron chi connectivity index (χ1n) is 8.17. The molecule has 1 aromatic heterocycles. The molecule has 0 saturated heterocycles. The number of aromatic nitrogens is 1. The molecule has 0 aliphatic carbocycles. The van der Waals surface area contributed by atoms with Gasteiger partial charge in [0.2, 0.25) is 5.88 Å². The summed E-state index contributed by atoms with van der Waals surface area (Å²) >= 11 is 0. The number of methoxy groups -OCH3 is 2. The number of fused-ring (bicyclic) bond motifs is 1. The third kappa shape index (κ3) is 3.94. The maximum absolute atomic E-state index is 12.8. The van der Waals surface area contributed by atoms with E-state index < -0.39 is 22.0 Å². The predicted molar refractivity (Wildman–Crippen MR) is 98.4 cm³/mol. The van der Waals surface area contributed by atoms with E-state index in [4.69, 9.17) is 14.2 Å². The molecule has 11 heteroatoms. The van der Waals surface area contributed by atoms with Gasteiger partial charge in [0.25, 0.3) is 15.9 Å². The predicted octanol–water partition coefficient (Wildman–Crippen LogP) is 0.383. The van der Waals surface area contributed by atoms with Crippen molar-refractivity contribution in [2.75, 3.05) is 32.2 Å². The number of amides is 1. The SMILES string of the molecule is COc1ccc(OC)c(S(=O)(=O)Nc2cnc3c(c2)C(=O)N[C@@H](CO)CO3)c1. The highest BCUT2D eigenvalue weighted by Crippen LogP contribution is 2.30. The molecular weight excluding hydrogens is 390 g/mol. The van der Waals surface area contributed by atoms with Crippen LogP contribution in [-0.4, -0.2) is 57.9 Å². The Balaban J connectivity index is 1.93. The molecule has 0 spiro atoms. The molecule has 0 fully saturated rings. The monoisotopic (exact) mass is 409 g/mol. The van der Waals surface area contributed by atoms with Crippen molar-refractivity contribution in [3.63, 3.8) is 0 Å². The second-order valence-corrected chi connectivity index (χ2v) is 7.51. The zero-order chi connectivity index (χ0) is 20.3. The molecule has 10 nitrogen and oxygen atoms in total. The van der Waals surface area contributed by atoms with Crippen molar-refractivity contribution in [2.24, 2.45) is 0 Å². The fourth-order valence-corrected chi connectivity index (χ4v) is 3.79. The van der Waals surface area contributed by atoms with E-state index in [-0.39, 0.29) is 41.0 Å². The highest BCUT2D eigenvalue weighted by atomic mass is 32.2. The van der Waals surface area contributed by atoms with E-state index in [2.05, 4.69) is 15.0 Å². The number of anilines is 1. The van der Waals surface area contributed by atoms with Crippen LogP contribution < -0.4 is 24.2 Å². The number of rotatable bonds is 6. The number of aliphatic hydroxyl groups is 1. The molecule has 1 aromatic carbocycles. The van der Waals surface area contributed by atoms with Gasteiger partial charge in [-0.15, -0.1) is 0 Å². The summed E-state index contributed by atoms with van der Waals surface area (Å²) < 4.78 is 43.6. The number of carbonyl (C=O) groups excluding carboxylic acids is 1. The standard InChI is InChI=1S/C17H19N3O7S/c1-25-12-3-4-14(26-2)15(6-12)28(23,24)20-10-5-13-16(22)19-11(8-21)9-27-17(13)18-7-10/h3-7,11,20-21H,8-9H2,1-2H3,(H,19,22)/t11-/m0/s1. The number of sulfonamides is 1.